The summed E-state index contributed by atoms with van der Waals surface area (Å²) in [5.41, 5.74) is 8.41. The van der Waals surface area contributed by atoms with E-state index in [1.807, 2.05) is 83.4 Å². The summed E-state index contributed by atoms with van der Waals surface area (Å²) in [7, 11) is 0. The monoisotopic (exact) mass is 706 g/mol. The van der Waals surface area contributed by atoms with E-state index in [9.17, 15) is 4.11 Å². The predicted molar refractivity (Wildman–Crippen MR) is 231 cm³/mol. The average Bonchev–Trinajstić information content (AvgIpc) is 3.63. The summed E-state index contributed by atoms with van der Waals surface area (Å²) in [5, 5.41) is 4.31. The first-order chi connectivity index (χ1) is 30.2. The minimum Gasteiger partial charge on any atom is -0.278 e. The molecule has 0 radical (unpaired) electrons. The molecule has 9 aromatic carbocycles. The molecule has 11 rings (SSSR count). The van der Waals surface area contributed by atoms with E-state index in [1.165, 1.54) is 0 Å². The van der Waals surface area contributed by atoms with Gasteiger partial charge in [0.2, 0.25) is 5.95 Å². The van der Waals surface area contributed by atoms with E-state index in [-0.39, 0.29) is 40.1 Å². The molecule has 0 saturated heterocycles. The van der Waals surface area contributed by atoms with Crippen LogP contribution in [-0.2, 0) is 0 Å². The van der Waals surface area contributed by atoms with Crippen LogP contribution >= 0.6 is 0 Å². The van der Waals surface area contributed by atoms with Crippen LogP contribution < -0.4 is 0 Å². The van der Waals surface area contributed by atoms with Crippen molar-refractivity contribution in [2.24, 2.45) is 0 Å². The SMILES string of the molecule is [2H]c1c([2H])c([2H])c2c([2H])c(-c3nc(-n4c5cc(-c6ccccc6)ccc5c5cc6ccccc6cc54)nc4ccc(-c5ccc(-c6ccccc6)cc5)cc34)c([2H])c([2H])c2c1[2H]. The summed E-state index contributed by atoms with van der Waals surface area (Å²) in [5.74, 6) is 0.286. The molecule has 11 aromatic rings. The quantitative estimate of drug-likeness (QED) is 0.178. The van der Waals surface area contributed by atoms with Crippen molar-refractivity contribution in [2.75, 3.05) is 0 Å². The maximum Gasteiger partial charge on any atom is 0.235 e. The fourth-order valence-corrected chi connectivity index (χ4v) is 7.70. The topological polar surface area (TPSA) is 30.7 Å². The number of fused-ring (bicyclic) bond motifs is 6. The van der Waals surface area contributed by atoms with Gasteiger partial charge in [0.15, 0.2) is 0 Å². The normalized spacial score (nSPS) is 13.4. The van der Waals surface area contributed by atoms with Crippen LogP contribution in [0.25, 0.3) is 105 Å². The first-order valence-electron chi connectivity index (χ1n) is 21.7. The van der Waals surface area contributed by atoms with Gasteiger partial charge in [-0.25, -0.2) is 9.97 Å². The van der Waals surface area contributed by atoms with Crippen LogP contribution in [0.2, 0.25) is 0 Å². The molecule has 0 spiro atoms. The second-order valence-corrected chi connectivity index (χ2v) is 13.7. The number of hydrogen-bond acceptors (Lipinski definition) is 2. The highest BCUT2D eigenvalue weighted by molar-refractivity contribution is 6.14. The van der Waals surface area contributed by atoms with E-state index in [0.29, 0.717) is 10.9 Å². The third-order valence-electron chi connectivity index (χ3n) is 10.4. The molecule has 2 heterocycles. The van der Waals surface area contributed by atoms with Crippen LogP contribution in [0.15, 0.2) is 200 Å². The second kappa shape index (κ2) is 12.6. The van der Waals surface area contributed by atoms with Crippen molar-refractivity contribution >= 4 is 54.3 Å². The zero-order chi connectivity index (χ0) is 42.4. The summed E-state index contributed by atoms with van der Waals surface area (Å²) < 4.78 is 64.6. The number of aromatic nitrogens is 3. The van der Waals surface area contributed by atoms with Gasteiger partial charge >= 0.3 is 0 Å². The molecular formula is C52H33N3. The second-order valence-electron chi connectivity index (χ2n) is 13.7. The number of nitrogens with zero attached hydrogens (tertiary/aromatic N) is 3. The minimum atomic E-state index is -0.519. The molecule has 0 saturated carbocycles. The number of benzene rings is 9. The van der Waals surface area contributed by atoms with Crippen LogP contribution in [0.4, 0.5) is 0 Å². The Morgan fingerprint density at radius 2 is 0.964 bits per heavy atom. The molecule has 55 heavy (non-hydrogen) atoms. The van der Waals surface area contributed by atoms with Gasteiger partial charge in [-0.2, -0.15) is 0 Å². The van der Waals surface area contributed by atoms with Crippen molar-refractivity contribution in [3.05, 3.63) is 200 Å². The van der Waals surface area contributed by atoms with Gasteiger partial charge in [-0.15, -0.1) is 0 Å². The molecule has 0 aliphatic heterocycles. The van der Waals surface area contributed by atoms with E-state index < -0.39 is 30.2 Å². The zero-order valence-electron chi connectivity index (χ0n) is 36.4. The Bertz CT molecular complexity index is 3640. The Morgan fingerprint density at radius 3 is 1.73 bits per heavy atom. The third kappa shape index (κ3) is 5.36. The Balaban J connectivity index is 1.23. The van der Waals surface area contributed by atoms with Crippen molar-refractivity contribution in [1.29, 1.82) is 0 Å². The van der Waals surface area contributed by atoms with E-state index in [0.717, 1.165) is 66.0 Å². The highest BCUT2D eigenvalue weighted by Crippen LogP contribution is 2.39. The summed E-state index contributed by atoms with van der Waals surface area (Å²) in [6.45, 7) is 0. The van der Waals surface area contributed by atoms with Crippen LogP contribution in [0, 0.1) is 0 Å². The summed E-state index contributed by atoms with van der Waals surface area (Å²) in [6.07, 6.45) is 0. The number of hydrogen-bond donors (Lipinski definition) is 0. The van der Waals surface area contributed by atoms with Gasteiger partial charge in [0.05, 0.1) is 31.8 Å². The molecule has 0 unspecified atom stereocenters. The Kier molecular flexibility index (Phi) is 5.70. The van der Waals surface area contributed by atoms with Crippen molar-refractivity contribution in [2.45, 2.75) is 0 Å². The molecule has 3 nitrogen and oxygen atoms in total. The van der Waals surface area contributed by atoms with Crippen molar-refractivity contribution in [1.82, 2.24) is 14.5 Å². The molecule has 2 aromatic heterocycles. The lowest BCUT2D eigenvalue weighted by molar-refractivity contribution is 1.01. The van der Waals surface area contributed by atoms with E-state index >= 15 is 0 Å². The van der Waals surface area contributed by atoms with Crippen molar-refractivity contribution < 1.29 is 9.60 Å². The standard InChI is InChI=1S/C52H33N3/c1-3-11-34(12-4-1)37-19-21-38(22-20-37)42-26-28-48-47(31-42)51(44-24-23-36-15-7-8-16-39(36)29-44)54-52(53-48)55-49-33-43(35-13-5-2-6-14-35)25-27-45(49)46-30-40-17-9-10-18-41(40)32-50(46)55/h1-33H/i7D,8D,15D,16D,23D,24D,29D. The van der Waals surface area contributed by atoms with Crippen LogP contribution in [0.1, 0.15) is 9.60 Å². The van der Waals surface area contributed by atoms with Gasteiger partial charge in [0.1, 0.15) is 0 Å². The Labute approximate surface area is 328 Å². The molecule has 0 bridgehead atoms. The fraction of sp³-hybridized carbons (Fsp3) is 0. The first kappa shape index (κ1) is 24.8. The number of rotatable bonds is 5. The Hall–Kier alpha value is -7.36. The van der Waals surface area contributed by atoms with Crippen LogP contribution in [0.3, 0.4) is 0 Å². The molecule has 0 N–H and O–H groups in total. The lowest BCUT2D eigenvalue weighted by Crippen LogP contribution is -2.04. The van der Waals surface area contributed by atoms with Gasteiger partial charge < -0.3 is 0 Å². The van der Waals surface area contributed by atoms with Gasteiger partial charge in [-0.3, -0.25) is 4.57 Å². The molecule has 0 aliphatic rings. The van der Waals surface area contributed by atoms with Crippen molar-refractivity contribution in [3.8, 4) is 50.6 Å². The summed E-state index contributed by atoms with van der Waals surface area (Å²) >= 11 is 0. The van der Waals surface area contributed by atoms with Crippen LogP contribution in [-0.4, -0.2) is 14.5 Å². The third-order valence-corrected chi connectivity index (χ3v) is 10.4. The first-order valence-corrected chi connectivity index (χ1v) is 18.2. The zero-order valence-corrected chi connectivity index (χ0v) is 29.4. The fourth-order valence-electron chi connectivity index (χ4n) is 7.70. The van der Waals surface area contributed by atoms with Gasteiger partial charge in [-0.05, 0) is 91.3 Å². The Morgan fingerprint density at radius 1 is 0.382 bits per heavy atom. The van der Waals surface area contributed by atoms with E-state index in [1.54, 1.807) is 0 Å². The highest BCUT2D eigenvalue weighted by Gasteiger charge is 2.19. The lowest BCUT2D eigenvalue weighted by atomic mass is 9.97. The molecule has 0 fully saturated rings. The molecule has 0 amide bonds. The summed E-state index contributed by atoms with van der Waals surface area (Å²) in [4.78, 5) is 10.5. The maximum absolute atomic E-state index is 9.62. The van der Waals surface area contributed by atoms with Gasteiger partial charge in [-0.1, -0.05) is 164 Å². The minimum absolute atomic E-state index is 0.0195. The van der Waals surface area contributed by atoms with E-state index in [2.05, 4.69) is 78.9 Å². The maximum atomic E-state index is 9.62. The molecule has 0 aliphatic carbocycles. The predicted octanol–water partition coefficient (Wildman–Crippen LogP) is 13.7. The largest absolute Gasteiger partial charge is 0.278 e. The average molecular weight is 707 g/mol. The lowest BCUT2D eigenvalue weighted by Gasteiger charge is -2.14. The molecule has 3 heteroatoms. The smallest absolute Gasteiger partial charge is 0.235 e. The highest BCUT2D eigenvalue weighted by atomic mass is 15.2. The molecule has 256 valence electrons. The molecule has 0 atom stereocenters. The van der Waals surface area contributed by atoms with E-state index in [4.69, 9.17) is 15.5 Å². The van der Waals surface area contributed by atoms with Crippen LogP contribution in [0.5, 0.6) is 0 Å². The van der Waals surface area contributed by atoms with Gasteiger partial charge in [0.25, 0.3) is 0 Å². The summed E-state index contributed by atoms with van der Waals surface area (Å²) in [6, 6.07) is 50.2. The van der Waals surface area contributed by atoms with Crippen molar-refractivity contribution in [3.63, 3.8) is 0 Å². The molecular weight excluding hydrogens is 667 g/mol. The van der Waals surface area contributed by atoms with Gasteiger partial charge in [0, 0.05) is 21.7 Å².